The van der Waals surface area contributed by atoms with Crippen LogP contribution in [0.3, 0.4) is 0 Å². The average Bonchev–Trinajstić information content (AvgIpc) is 2.47. The summed E-state index contributed by atoms with van der Waals surface area (Å²) in [7, 11) is 1.84. The Bertz CT molecular complexity index is 408. The summed E-state index contributed by atoms with van der Waals surface area (Å²) in [4.78, 5) is 2.51. The lowest BCUT2D eigenvalue weighted by Gasteiger charge is -2.36. The molecule has 0 spiro atoms. The molecule has 1 heterocycles. The van der Waals surface area contributed by atoms with Crippen molar-refractivity contribution in [1.29, 1.82) is 0 Å². The van der Waals surface area contributed by atoms with Gasteiger partial charge in [-0.2, -0.15) is 0 Å². The minimum Gasteiger partial charge on any atom is -0.380 e. The first-order valence-corrected chi connectivity index (χ1v) is 7.76. The van der Waals surface area contributed by atoms with Crippen molar-refractivity contribution in [3.63, 3.8) is 0 Å². The van der Waals surface area contributed by atoms with E-state index >= 15 is 0 Å². The third kappa shape index (κ3) is 4.30. The van der Waals surface area contributed by atoms with Gasteiger partial charge >= 0.3 is 0 Å². The van der Waals surface area contributed by atoms with Crippen LogP contribution in [-0.4, -0.2) is 37.7 Å². The lowest BCUT2D eigenvalue weighted by Crippen LogP contribution is -2.43. The summed E-state index contributed by atoms with van der Waals surface area (Å²) in [6.45, 7) is 9.68. The van der Waals surface area contributed by atoms with Crippen LogP contribution in [-0.2, 0) is 17.8 Å². The number of methoxy groups -OCH3 is 1. The van der Waals surface area contributed by atoms with Crippen molar-refractivity contribution in [2.24, 2.45) is 5.92 Å². The van der Waals surface area contributed by atoms with E-state index in [0.717, 1.165) is 26.2 Å². The number of nitrogens with zero attached hydrogens (tertiary/aromatic N) is 1. The molecule has 1 aliphatic heterocycles. The fraction of sp³-hybridized carbons (Fsp3) is 0.647. The minimum atomic E-state index is 0.383. The third-order valence-corrected chi connectivity index (χ3v) is 4.25. The summed E-state index contributed by atoms with van der Waals surface area (Å²) < 4.78 is 5.60. The van der Waals surface area contributed by atoms with E-state index in [-0.39, 0.29) is 0 Å². The molecule has 0 bridgehead atoms. The number of hydrogen-bond donors (Lipinski definition) is 1. The summed E-state index contributed by atoms with van der Waals surface area (Å²) in [5, 5.41) is 3.38. The van der Waals surface area contributed by atoms with Crippen molar-refractivity contribution in [2.75, 3.05) is 26.7 Å². The van der Waals surface area contributed by atoms with Crippen molar-refractivity contribution in [1.82, 2.24) is 10.2 Å². The van der Waals surface area contributed by atoms with E-state index in [1.54, 1.807) is 0 Å². The molecule has 1 N–H and O–H groups in total. The van der Waals surface area contributed by atoms with Gasteiger partial charge < -0.3 is 10.1 Å². The van der Waals surface area contributed by atoms with Gasteiger partial charge in [0.15, 0.2) is 0 Å². The van der Waals surface area contributed by atoms with Crippen molar-refractivity contribution in [2.45, 2.75) is 39.5 Å². The van der Waals surface area contributed by atoms with Crippen LogP contribution >= 0.6 is 0 Å². The van der Waals surface area contributed by atoms with Gasteiger partial charge in [0.05, 0.1) is 6.10 Å². The maximum Gasteiger partial charge on any atom is 0.0724 e. The van der Waals surface area contributed by atoms with Crippen molar-refractivity contribution >= 4 is 0 Å². The highest BCUT2D eigenvalue weighted by Crippen LogP contribution is 2.21. The summed E-state index contributed by atoms with van der Waals surface area (Å²) in [6, 6.07) is 8.92. The monoisotopic (exact) mass is 276 g/mol. The lowest BCUT2D eigenvalue weighted by atomic mass is 9.95. The van der Waals surface area contributed by atoms with Crippen LogP contribution in [0.15, 0.2) is 24.3 Å². The molecule has 3 nitrogen and oxygen atoms in total. The second-order valence-corrected chi connectivity index (χ2v) is 5.88. The molecule has 2 rings (SSSR count). The Balaban J connectivity index is 1.92. The Kier molecular flexibility index (Phi) is 6.02. The van der Waals surface area contributed by atoms with Crippen LogP contribution in [0.5, 0.6) is 0 Å². The zero-order valence-electron chi connectivity index (χ0n) is 13.1. The van der Waals surface area contributed by atoms with Gasteiger partial charge in [0.25, 0.3) is 0 Å². The van der Waals surface area contributed by atoms with Gasteiger partial charge in [0.1, 0.15) is 0 Å². The number of likely N-dealkylation sites (tertiary alicyclic amines) is 1. The molecule has 2 unspecified atom stereocenters. The quantitative estimate of drug-likeness (QED) is 0.864. The summed E-state index contributed by atoms with van der Waals surface area (Å²) in [5.41, 5.74) is 2.78. The highest BCUT2D eigenvalue weighted by Gasteiger charge is 2.25. The predicted octanol–water partition coefficient (Wildman–Crippen LogP) is 2.65. The molecule has 1 fully saturated rings. The fourth-order valence-electron chi connectivity index (χ4n) is 2.91. The van der Waals surface area contributed by atoms with E-state index in [1.165, 1.54) is 24.1 Å². The molecule has 0 aliphatic carbocycles. The van der Waals surface area contributed by atoms with Gasteiger partial charge in [0.2, 0.25) is 0 Å². The van der Waals surface area contributed by atoms with Crippen LogP contribution < -0.4 is 5.32 Å². The summed E-state index contributed by atoms with van der Waals surface area (Å²) >= 11 is 0. The Morgan fingerprint density at radius 1 is 1.35 bits per heavy atom. The fourth-order valence-corrected chi connectivity index (χ4v) is 2.91. The topological polar surface area (TPSA) is 24.5 Å². The molecule has 2 atom stereocenters. The largest absolute Gasteiger partial charge is 0.380 e. The standard InChI is InChI=1S/C17H28N2O/c1-4-18-11-15-6-5-7-16(10-15)12-19-9-8-14(2)17(13-19)20-3/h5-7,10,14,17-18H,4,8-9,11-13H2,1-3H3. The molecule has 20 heavy (non-hydrogen) atoms. The van der Waals surface area contributed by atoms with Gasteiger partial charge in [-0.05, 0) is 36.6 Å². The summed E-state index contributed by atoms with van der Waals surface area (Å²) in [6.07, 6.45) is 1.61. The maximum atomic E-state index is 5.60. The maximum absolute atomic E-state index is 5.60. The molecule has 3 heteroatoms. The van der Waals surface area contributed by atoms with Crippen LogP contribution in [0, 0.1) is 5.92 Å². The molecule has 112 valence electrons. The molecule has 0 aromatic heterocycles. The molecule has 0 saturated carbocycles. The van der Waals surface area contributed by atoms with E-state index in [9.17, 15) is 0 Å². The smallest absolute Gasteiger partial charge is 0.0724 e. The first-order valence-electron chi connectivity index (χ1n) is 7.76. The Hall–Kier alpha value is -0.900. The van der Waals surface area contributed by atoms with Gasteiger partial charge in [-0.1, -0.05) is 38.1 Å². The number of ether oxygens (including phenoxy) is 1. The molecular formula is C17H28N2O. The number of rotatable bonds is 6. The highest BCUT2D eigenvalue weighted by molar-refractivity contribution is 5.23. The van der Waals surface area contributed by atoms with Crippen molar-refractivity contribution in [3.8, 4) is 0 Å². The van der Waals surface area contributed by atoms with E-state index in [4.69, 9.17) is 4.74 Å². The number of hydrogen-bond acceptors (Lipinski definition) is 3. The van der Waals surface area contributed by atoms with Gasteiger partial charge in [-0.3, -0.25) is 4.90 Å². The van der Waals surface area contributed by atoms with E-state index < -0.39 is 0 Å². The predicted molar refractivity (Wildman–Crippen MR) is 83.7 cm³/mol. The van der Waals surface area contributed by atoms with Gasteiger partial charge in [-0.15, -0.1) is 0 Å². The van der Waals surface area contributed by atoms with E-state index in [2.05, 4.69) is 48.3 Å². The van der Waals surface area contributed by atoms with Crippen molar-refractivity contribution < 1.29 is 4.74 Å². The molecule has 0 amide bonds. The lowest BCUT2D eigenvalue weighted by molar-refractivity contribution is -0.00745. The highest BCUT2D eigenvalue weighted by atomic mass is 16.5. The Labute approximate surface area is 123 Å². The summed E-state index contributed by atoms with van der Waals surface area (Å²) in [5.74, 6) is 0.677. The first kappa shape index (κ1) is 15.5. The Morgan fingerprint density at radius 2 is 2.15 bits per heavy atom. The van der Waals surface area contributed by atoms with Crippen molar-refractivity contribution in [3.05, 3.63) is 35.4 Å². The molecule has 1 saturated heterocycles. The van der Waals surface area contributed by atoms with E-state index in [1.807, 2.05) is 7.11 Å². The molecular weight excluding hydrogens is 248 g/mol. The van der Waals surface area contributed by atoms with E-state index in [0.29, 0.717) is 12.0 Å². The first-order chi connectivity index (χ1) is 9.72. The Morgan fingerprint density at radius 3 is 2.90 bits per heavy atom. The molecule has 0 radical (unpaired) electrons. The van der Waals surface area contributed by atoms with Crippen LogP contribution in [0.1, 0.15) is 31.4 Å². The molecule has 1 aromatic carbocycles. The minimum absolute atomic E-state index is 0.383. The number of benzene rings is 1. The van der Waals surface area contributed by atoms with Crippen LogP contribution in [0.25, 0.3) is 0 Å². The zero-order valence-corrected chi connectivity index (χ0v) is 13.1. The third-order valence-electron chi connectivity index (χ3n) is 4.25. The second kappa shape index (κ2) is 7.77. The second-order valence-electron chi connectivity index (χ2n) is 5.88. The zero-order chi connectivity index (χ0) is 14.4. The van der Waals surface area contributed by atoms with Crippen LogP contribution in [0.4, 0.5) is 0 Å². The molecule has 1 aliphatic rings. The normalized spacial score (nSPS) is 23.9. The number of piperidine rings is 1. The molecule has 1 aromatic rings. The SMILES string of the molecule is CCNCc1cccc(CN2CCC(C)C(OC)C2)c1. The van der Waals surface area contributed by atoms with Gasteiger partial charge in [0, 0.05) is 26.7 Å². The van der Waals surface area contributed by atoms with Crippen LogP contribution in [0.2, 0.25) is 0 Å². The van der Waals surface area contributed by atoms with Gasteiger partial charge in [-0.25, -0.2) is 0 Å². The number of nitrogens with one attached hydrogen (secondary N) is 1. The average molecular weight is 276 g/mol.